The van der Waals surface area contributed by atoms with Crippen LogP contribution in [0.4, 0.5) is 4.39 Å². The van der Waals surface area contributed by atoms with Crippen molar-refractivity contribution in [1.29, 1.82) is 0 Å². The van der Waals surface area contributed by atoms with Crippen LogP contribution in [0.15, 0.2) is 23.1 Å². The summed E-state index contributed by atoms with van der Waals surface area (Å²) in [5.41, 5.74) is -0.169. The van der Waals surface area contributed by atoms with E-state index in [4.69, 9.17) is 9.88 Å². The topological polar surface area (TPSA) is 86.5 Å². The molecule has 0 aliphatic rings. The van der Waals surface area contributed by atoms with Crippen molar-refractivity contribution in [3.05, 3.63) is 29.6 Å². The highest BCUT2D eigenvalue weighted by molar-refractivity contribution is 7.89. The molecule has 0 aliphatic heterocycles. The minimum atomic E-state index is -4.07. The third-order valence-electron chi connectivity index (χ3n) is 2.72. The van der Waals surface area contributed by atoms with Gasteiger partial charge in [-0.25, -0.2) is 22.7 Å². The molecule has 0 saturated carbocycles. The Morgan fingerprint density at radius 2 is 2.05 bits per heavy atom. The van der Waals surface area contributed by atoms with Crippen LogP contribution < -0.4 is 5.14 Å². The SMILES string of the molecule is CCCC(C)COC(=O)c1cc(F)cc(S(N)(=O)=O)c1. The molecular weight excluding hydrogens is 285 g/mol. The molecule has 7 heteroatoms. The lowest BCUT2D eigenvalue weighted by molar-refractivity contribution is 0.0443. The van der Waals surface area contributed by atoms with Crippen molar-refractivity contribution < 1.29 is 22.3 Å². The van der Waals surface area contributed by atoms with Gasteiger partial charge in [0, 0.05) is 0 Å². The molecule has 0 saturated heterocycles. The minimum absolute atomic E-state index is 0.169. The Bertz CT molecular complexity index is 586. The van der Waals surface area contributed by atoms with Crippen molar-refractivity contribution in [3.63, 3.8) is 0 Å². The smallest absolute Gasteiger partial charge is 0.338 e. The lowest BCUT2D eigenvalue weighted by Gasteiger charge is -2.11. The number of ether oxygens (including phenoxy) is 1. The summed E-state index contributed by atoms with van der Waals surface area (Å²) >= 11 is 0. The zero-order valence-electron chi connectivity index (χ0n) is 11.4. The van der Waals surface area contributed by atoms with Crippen LogP contribution in [0, 0.1) is 11.7 Å². The van der Waals surface area contributed by atoms with Crippen LogP contribution in [0.25, 0.3) is 0 Å². The first-order valence-electron chi connectivity index (χ1n) is 6.24. The standard InChI is InChI=1S/C13H18FNO4S/c1-3-4-9(2)8-19-13(16)10-5-11(14)7-12(6-10)20(15,17)18/h5-7,9H,3-4,8H2,1-2H3,(H2,15,17,18). The molecule has 0 bridgehead atoms. The zero-order valence-corrected chi connectivity index (χ0v) is 12.2. The molecule has 5 nitrogen and oxygen atoms in total. The molecule has 0 aliphatic carbocycles. The maximum absolute atomic E-state index is 13.3. The van der Waals surface area contributed by atoms with Crippen LogP contribution in [-0.2, 0) is 14.8 Å². The van der Waals surface area contributed by atoms with Crippen LogP contribution >= 0.6 is 0 Å². The second-order valence-corrected chi connectivity index (χ2v) is 6.27. The fourth-order valence-electron chi connectivity index (χ4n) is 1.72. The highest BCUT2D eigenvalue weighted by atomic mass is 32.2. The van der Waals surface area contributed by atoms with E-state index in [9.17, 15) is 17.6 Å². The van der Waals surface area contributed by atoms with Crippen molar-refractivity contribution in [3.8, 4) is 0 Å². The minimum Gasteiger partial charge on any atom is -0.462 e. The molecule has 0 spiro atoms. The number of halogens is 1. The number of primary sulfonamides is 1. The van der Waals surface area contributed by atoms with E-state index >= 15 is 0 Å². The molecule has 1 aromatic rings. The Morgan fingerprint density at radius 1 is 1.40 bits per heavy atom. The second kappa shape index (κ2) is 6.81. The van der Waals surface area contributed by atoms with Gasteiger partial charge in [0.05, 0.1) is 17.1 Å². The molecule has 20 heavy (non-hydrogen) atoms. The average molecular weight is 303 g/mol. The van der Waals surface area contributed by atoms with Gasteiger partial charge in [0.15, 0.2) is 0 Å². The number of benzene rings is 1. The van der Waals surface area contributed by atoms with E-state index in [0.717, 1.165) is 31.0 Å². The monoisotopic (exact) mass is 303 g/mol. The molecule has 1 rings (SSSR count). The normalized spacial score (nSPS) is 13.0. The summed E-state index contributed by atoms with van der Waals surface area (Å²) in [5, 5.41) is 4.91. The number of esters is 1. The molecule has 0 aromatic heterocycles. The zero-order chi connectivity index (χ0) is 15.3. The first-order valence-corrected chi connectivity index (χ1v) is 7.79. The van der Waals surface area contributed by atoms with Gasteiger partial charge >= 0.3 is 5.97 Å². The number of sulfonamides is 1. The molecule has 0 radical (unpaired) electrons. The first kappa shape index (κ1) is 16.6. The van der Waals surface area contributed by atoms with E-state index in [1.54, 1.807) is 0 Å². The maximum atomic E-state index is 13.3. The molecule has 0 heterocycles. The quantitative estimate of drug-likeness (QED) is 0.815. The molecule has 0 amide bonds. The Kier molecular flexibility index (Phi) is 5.64. The number of hydrogen-bond acceptors (Lipinski definition) is 4. The predicted octanol–water partition coefficient (Wildman–Crippen LogP) is 2.07. The number of rotatable bonds is 6. The second-order valence-electron chi connectivity index (χ2n) is 4.71. The lowest BCUT2D eigenvalue weighted by Crippen LogP contribution is -2.15. The molecule has 1 atom stereocenters. The summed E-state index contributed by atoms with van der Waals surface area (Å²) in [6.07, 6.45) is 1.87. The van der Waals surface area contributed by atoms with Gasteiger partial charge in [-0.1, -0.05) is 20.3 Å². The van der Waals surface area contributed by atoms with Crippen molar-refractivity contribution >= 4 is 16.0 Å². The maximum Gasteiger partial charge on any atom is 0.338 e. The van der Waals surface area contributed by atoms with Crippen LogP contribution in [0.5, 0.6) is 0 Å². The third kappa shape index (κ3) is 4.90. The highest BCUT2D eigenvalue weighted by Gasteiger charge is 2.16. The Morgan fingerprint density at radius 3 is 2.60 bits per heavy atom. The predicted molar refractivity (Wildman–Crippen MR) is 72.1 cm³/mol. The van der Waals surface area contributed by atoms with Crippen molar-refractivity contribution in [2.45, 2.75) is 31.6 Å². The Hall–Kier alpha value is -1.47. The fraction of sp³-hybridized carbons (Fsp3) is 0.462. The number of carbonyl (C=O) groups is 1. The van der Waals surface area contributed by atoms with Crippen LogP contribution in [-0.4, -0.2) is 21.0 Å². The largest absolute Gasteiger partial charge is 0.462 e. The lowest BCUT2D eigenvalue weighted by atomic mass is 10.1. The van der Waals surface area contributed by atoms with Gasteiger partial charge in [-0.2, -0.15) is 0 Å². The molecular formula is C13H18FNO4S. The van der Waals surface area contributed by atoms with Gasteiger partial charge < -0.3 is 4.74 Å². The fourth-order valence-corrected chi connectivity index (χ4v) is 2.29. The van der Waals surface area contributed by atoms with Crippen LogP contribution in [0.2, 0.25) is 0 Å². The molecule has 112 valence electrons. The van der Waals surface area contributed by atoms with E-state index in [1.807, 2.05) is 13.8 Å². The highest BCUT2D eigenvalue weighted by Crippen LogP contribution is 2.15. The number of nitrogens with two attached hydrogens (primary N) is 1. The van der Waals surface area contributed by atoms with Gasteiger partial charge in [-0.15, -0.1) is 0 Å². The number of hydrogen-bond donors (Lipinski definition) is 1. The summed E-state index contributed by atoms with van der Waals surface area (Å²) in [4.78, 5) is 11.3. The van der Waals surface area contributed by atoms with E-state index < -0.39 is 26.7 Å². The van der Waals surface area contributed by atoms with Gasteiger partial charge in [0.25, 0.3) is 0 Å². The Balaban J connectivity index is 2.86. The van der Waals surface area contributed by atoms with Gasteiger partial charge in [-0.05, 0) is 30.5 Å². The van der Waals surface area contributed by atoms with Gasteiger partial charge in [-0.3, -0.25) is 0 Å². The Labute approximate surface area is 118 Å². The molecule has 1 aromatic carbocycles. The average Bonchev–Trinajstić information content (AvgIpc) is 2.34. The van der Waals surface area contributed by atoms with E-state index in [2.05, 4.69) is 0 Å². The van der Waals surface area contributed by atoms with Gasteiger partial charge in [0.2, 0.25) is 10.0 Å². The summed E-state index contributed by atoms with van der Waals surface area (Å²) in [5.74, 6) is -1.43. The van der Waals surface area contributed by atoms with Crippen LogP contribution in [0.3, 0.4) is 0 Å². The van der Waals surface area contributed by atoms with E-state index in [-0.39, 0.29) is 18.1 Å². The number of carbonyl (C=O) groups excluding carboxylic acids is 1. The van der Waals surface area contributed by atoms with E-state index in [0.29, 0.717) is 0 Å². The first-order chi connectivity index (χ1) is 9.24. The molecule has 2 N–H and O–H groups in total. The molecule has 1 unspecified atom stereocenters. The summed E-state index contributed by atoms with van der Waals surface area (Å²) < 4.78 is 40.7. The van der Waals surface area contributed by atoms with Crippen molar-refractivity contribution in [1.82, 2.24) is 0 Å². The summed E-state index contributed by atoms with van der Waals surface area (Å²) in [6, 6.07) is 2.68. The van der Waals surface area contributed by atoms with Crippen molar-refractivity contribution in [2.75, 3.05) is 6.61 Å². The van der Waals surface area contributed by atoms with Gasteiger partial charge in [0.1, 0.15) is 5.82 Å². The van der Waals surface area contributed by atoms with E-state index in [1.165, 1.54) is 0 Å². The van der Waals surface area contributed by atoms with Crippen molar-refractivity contribution in [2.24, 2.45) is 11.1 Å². The third-order valence-corrected chi connectivity index (χ3v) is 3.61. The summed E-state index contributed by atoms with van der Waals surface area (Å²) in [7, 11) is -4.07. The summed E-state index contributed by atoms with van der Waals surface area (Å²) in [6.45, 7) is 4.15. The van der Waals surface area contributed by atoms with Crippen LogP contribution in [0.1, 0.15) is 37.0 Å². The molecule has 0 fully saturated rings.